The fourth-order valence-corrected chi connectivity index (χ4v) is 2.51. The average Bonchev–Trinajstić information content (AvgIpc) is 2.38. The zero-order valence-corrected chi connectivity index (χ0v) is 11.1. The van der Waals surface area contributed by atoms with Crippen LogP contribution in [0, 0.1) is 6.92 Å². The van der Waals surface area contributed by atoms with Crippen LogP contribution in [0.2, 0.25) is 0 Å². The molecule has 2 rings (SSSR count). The van der Waals surface area contributed by atoms with E-state index in [9.17, 15) is 0 Å². The summed E-state index contributed by atoms with van der Waals surface area (Å²) in [6.45, 7) is 2.10. The van der Waals surface area contributed by atoms with Crippen LogP contribution in [0.15, 0.2) is 64.9 Å². The van der Waals surface area contributed by atoms with E-state index in [2.05, 4.69) is 19.1 Å². The summed E-state index contributed by atoms with van der Waals surface area (Å²) in [6.07, 6.45) is 0. The Bertz CT molecular complexity index is 517. The summed E-state index contributed by atoms with van der Waals surface area (Å²) in [5.41, 5.74) is 2.32. The molecule has 0 nitrogen and oxygen atoms in total. The van der Waals surface area contributed by atoms with Crippen molar-refractivity contribution in [2.24, 2.45) is 0 Å². The largest absolute Gasteiger partial charge is 0.0962 e. The minimum Gasteiger partial charge on any atom is -0.0962 e. The van der Waals surface area contributed by atoms with E-state index in [0.717, 1.165) is 10.6 Å². The maximum atomic E-state index is 6.25. The molecule has 17 heavy (non-hydrogen) atoms. The first-order valence-corrected chi connectivity index (χ1v) is 6.66. The summed E-state index contributed by atoms with van der Waals surface area (Å²) in [5.74, 6) is 0. The first kappa shape index (κ1) is 12.3. The van der Waals surface area contributed by atoms with Gasteiger partial charge in [0.25, 0.3) is 0 Å². The Morgan fingerprint density at radius 2 is 1.65 bits per heavy atom. The van der Waals surface area contributed by atoms with Crippen molar-refractivity contribution in [2.75, 3.05) is 0 Å². The molecular weight excluding hydrogens is 248 g/mol. The van der Waals surface area contributed by atoms with E-state index in [0.29, 0.717) is 0 Å². The average molecular weight is 261 g/mol. The first-order chi connectivity index (χ1) is 8.27. The second kappa shape index (κ2) is 5.95. The van der Waals surface area contributed by atoms with Crippen molar-refractivity contribution in [2.45, 2.75) is 11.8 Å². The predicted octanol–water partition coefficient (Wildman–Crippen LogP) is 5.32. The molecule has 0 aliphatic heterocycles. The Morgan fingerprint density at radius 1 is 1.00 bits per heavy atom. The molecular formula is C15H13ClS. The van der Waals surface area contributed by atoms with Crippen LogP contribution in [0.1, 0.15) is 11.1 Å². The van der Waals surface area contributed by atoms with Gasteiger partial charge >= 0.3 is 0 Å². The number of benzene rings is 2. The highest BCUT2D eigenvalue weighted by molar-refractivity contribution is 8.02. The maximum Gasteiger partial charge on any atom is 0.0544 e. The zero-order chi connectivity index (χ0) is 12.1. The summed E-state index contributed by atoms with van der Waals surface area (Å²) < 4.78 is 0. The molecule has 0 aliphatic carbocycles. The number of thioether (sulfide) groups is 1. The molecule has 0 N–H and O–H groups in total. The fourth-order valence-electron chi connectivity index (χ4n) is 1.47. The van der Waals surface area contributed by atoms with Gasteiger partial charge < -0.3 is 0 Å². The van der Waals surface area contributed by atoms with Crippen LogP contribution in [0.5, 0.6) is 0 Å². The van der Waals surface area contributed by atoms with Crippen LogP contribution in [0.25, 0.3) is 5.03 Å². The van der Waals surface area contributed by atoms with E-state index in [-0.39, 0.29) is 0 Å². The lowest BCUT2D eigenvalue weighted by molar-refractivity contribution is 1.31. The molecule has 0 aromatic heterocycles. The van der Waals surface area contributed by atoms with Crippen LogP contribution in [-0.4, -0.2) is 0 Å². The minimum absolute atomic E-state index is 0.777. The van der Waals surface area contributed by atoms with E-state index in [1.807, 2.05) is 47.9 Å². The number of hydrogen-bond acceptors (Lipinski definition) is 1. The highest BCUT2D eigenvalue weighted by atomic mass is 35.5. The molecule has 0 fully saturated rings. The van der Waals surface area contributed by atoms with Gasteiger partial charge in [-0.2, -0.15) is 0 Å². The number of halogens is 1. The second-order valence-corrected chi connectivity index (χ2v) is 5.03. The second-order valence-electron chi connectivity index (χ2n) is 3.72. The smallest absolute Gasteiger partial charge is 0.0544 e. The SMILES string of the molecule is Cc1ccccc1S/C=C(\Cl)c1ccccc1. The van der Waals surface area contributed by atoms with Crippen molar-refractivity contribution in [1.82, 2.24) is 0 Å². The zero-order valence-electron chi connectivity index (χ0n) is 9.56. The lowest BCUT2D eigenvalue weighted by atomic mass is 10.2. The van der Waals surface area contributed by atoms with Gasteiger partial charge in [0.2, 0.25) is 0 Å². The molecule has 2 aromatic rings. The third kappa shape index (κ3) is 3.39. The highest BCUT2D eigenvalue weighted by Crippen LogP contribution is 2.28. The lowest BCUT2D eigenvalue weighted by Gasteiger charge is -2.02. The van der Waals surface area contributed by atoms with Crippen LogP contribution in [-0.2, 0) is 0 Å². The quantitative estimate of drug-likeness (QED) is 0.673. The normalized spacial score (nSPS) is 11.5. The standard InChI is InChI=1S/C15H13ClS/c1-12-7-5-6-10-15(12)17-11-14(16)13-8-3-2-4-9-13/h2-11H,1H3/b14-11-. The molecule has 0 aliphatic rings. The van der Waals surface area contributed by atoms with E-state index in [4.69, 9.17) is 11.6 Å². The fraction of sp³-hybridized carbons (Fsp3) is 0.0667. The lowest BCUT2D eigenvalue weighted by Crippen LogP contribution is -1.77. The molecule has 0 heterocycles. The van der Waals surface area contributed by atoms with Gasteiger partial charge in [0.15, 0.2) is 0 Å². The highest BCUT2D eigenvalue weighted by Gasteiger charge is 1.99. The molecule has 0 unspecified atom stereocenters. The molecule has 2 aromatic carbocycles. The van der Waals surface area contributed by atoms with Gasteiger partial charge in [-0.25, -0.2) is 0 Å². The number of hydrogen-bond donors (Lipinski definition) is 0. The van der Waals surface area contributed by atoms with Crippen LogP contribution in [0.4, 0.5) is 0 Å². The van der Waals surface area contributed by atoms with E-state index < -0.39 is 0 Å². The predicted molar refractivity (Wildman–Crippen MR) is 77.3 cm³/mol. The molecule has 0 atom stereocenters. The van der Waals surface area contributed by atoms with Crippen LogP contribution >= 0.6 is 23.4 Å². The minimum atomic E-state index is 0.777. The third-order valence-corrected chi connectivity index (χ3v) is 3.95. The van der Waals surface area contributed by atoms with Crippen molar-refractivity contribution >= 4 is 28.4 Å². The summed E-state index contributed by atoms with van der Waals surface area (Å²) in [7, 11) is 0. The van der Waals surface area contributed by atoms with Gasteiger partial charge in [-0.3, -0.25) is 0 Å². The van der Waals surface area contributed by atoms with Gasteiger partial charge in [0.1, 0.15) is 0 Å². The van der Waals surface area contributed by atoms with Crippen molar-refractivity contribution in [3.05, 3.63) is 71.1 Å². The summed E-state index contributed by atoms with van der Waals surface area (Å²) in [6, 6.07) is 18.3. The first-order valence-electron chi connectivity index (χ1n) is 5.41. The molecule has 86 valence electrons. The Kier molecular flexibility index (Phi) is 4.29. The maximum absolute atomic E-state index is 6.25. The van der Waals surface area contributed by atoms with Gasteiger partial charge in [-0.05, 0) is 29.5 Å². The van der Waals surface area contributed by atoms with Crippen molar-refractivity contribution in [3.63, 3.8) is 0 Å². The molecule has 0 spiro atoms. The Hall–Kier alpha value is -1.18. The third-order valence-electron chi connectivity index (χ3n) is 2.43. The van der Waals surface area contributed by atoms with Gasteiger partial charge in [-0.1, -0.05) is 71.9 Å². The van der Waals surface area contributed by atoms with Crippen molar-refractivity contribution in [1.29, 1.82) is 0 Å². The summed E-state index contributed by atoms with van der Waals surface area (Å²) in [4.78, 5) is 1.24. The van der Waals surface area contributed by atoms with E-state index >= 15 is 0 Å². The van der Waals surface area contributed by atoms with Crippen molar-refractivity contribution < 1.29 is 0 Å². The Balaban J connectivity index is 2.14. The van der Waals surface area contributed by atoms with Gasteiger partial charge in [0.05, 0.1) is 5.03 Å². The summed E-state index contributed by atoms with van der Waals surface area (Å²) >= 11 is 7.90. The molecule has 0 radical (unpaired) electrons. The molecule has 2 heteroatoms. The molecule has 0 saturated carbocycles. The monoisotopic (exact) mass is 260 g/mol. The molecule has 0 amide bonds. The van der Waals surface area contributed by atoms with Gasteiger partial charge in [0, 0.05) is 4.90 Å². The Labute approximate surface area is 111 Å². The van der Waals surface area contributed by atoms with E-state index in [1.165, 1.54) is 10.5 Å². The van der Waals surface area contributed by atoms with Crippen LogP contribution < -0.4 is 0 Å². The number of aryl methyl sites for hydroxylation is 1. The molecule has 0 saturated heterocycles. The molecule has 0 bridgehead atoms. The van der Waals surface area contributed by atoms with Crippen molar-refractivity contribution in [3.8, 4) is 0 Å². The van der Waals surface area contributed by atoms with Crippen LogP contribution in [0.3, 0.4) is 0 Å². The van der Waals surface area contributed by atoms with E-state index in [1.54, 1.807) is 11.8 Å². The van der Waals surface area contributed by atoms with Gasteiger partial charge in [-0.15, -0.1) is 0 Å². The summed E-state index contributed by atoms with van der Waals surface area (Å²) in [5, 5.41) is 2.76. The Morgan fingerprint density at radius 3 is 2.35 bits per heavy atom. The number of rotatable bonds is 3. The topological polar surface area (TPSA) is 0 Å².